The number of carbonyl (C=O) groups excluding carboxylic acids is 1. The van der Waals surface area contributed by atoms with Gasteiger partial charge in [-0.15, -0.1) is 0 Å². The molecular weight excluding hydrogens is 484 g/mol. The molecule has 206 valence electrons. The maximum Gasteiger partial charge on any atom is 0.328 e. The number of carbonyl (C=O) groups is 2. The summed E-state index contributed by atoms with van der Waals surface area (Å²) in [4.78, 5) is 22.7. The van der Waals surface area contributed by atoms with Crippen molar-refractivity contribution in [1.82, 2.24) is 0 Å². The second-order valence-corrected chi connectivity index (χ2v) is 9.68. The van der Waals surface area contributed by atoms with Crippen LogP contribution in [-0.2, 0) is 25.7 Å². The molecule has 0 aromatic heterocycles. The molecule has 2 N–H and O–H groups in total. The molecular formula is C31H40O7. The van der Waals surface area contributed by atoms with E-state index in [-0.39, 0.29) is 31.0 Å². The maximum absolute atomic E-state index is 12.2. The van der Waals surface area contributed by atoms with Gasteiger partial charge in [-0.05, 0) is 63.3 Å². The number of carboxylic acid groups (broad SMARTS) is 1. The summed E-state index contributed by atoms with van der Waals surface area (Å²) < 4.78 is 17.0. The van der Waals surface area contributed by atoms with E-state index in [1.54, 1.807) is 26.2 Å². The zero-order valence-electron chi connectivity index (χ0n) is 22.6. The molecule has 7 heteroatoms. The van der Waals surface area contributed by atoms with Crippen molar-refractivity contribution in [1.29, 1.82) is 0 Å². The van der Waals surface area contributed by atoms with E-state index in [4.69, 9.17) is 19.3 Å². The van der Waals surface area contributed by atoms with Crippen molar-refractivity contribution in [3.8, 4) is 5.75 Å². The fraction of sp³-hybridized carbons (Fsp3) is 0.419. The molecule has 7 nitrogen and oxygen atoms in total. The average Bonchev–Trinajstić information content (AvgIpc) is 2.83. The number of ether oxygens (including phenoxy) is 3. The first-order valence-electron chi connectivity index (χ1n) is 12.8. The van der Waals surface area contributed by atoms with Crippen LogP contribution in [0.5, 0.6) is 5.75 Å². The Kier molecular flexibility index (Phi) is 13.5. The molecule has 38 heavy (non-hydrogen) atoms. The van der Waals surface area contributed by atoms with Crippen LogP contribution in [0.1, 0.15) is 51.5 Å². The van der Waals surface area contributed by atoms with Gasteiger partial charge >= 0.3 is 5.97 Å². The van der Waals surface area contributed by atoms with E-state index < -0.39 is 12.1 Å². The smallest absolute Gasteiger partial charge is 0.328 e. The minimum atomic E-state index is -1.02. The molecule has 1 saturated heterocycles. The standard InChI is InChI=1S/C31H40O7/c1-22(7-5-10-31(34)35)15-26(32)8-6-9-29-17-24(3)19-30(38-29)18-23(2)16-27(33)21-37-20-25-11-13-28(36-4)14-12-25/h5-8,10-14,18,27,29-30,33H,3,9,15-17,19-21H2,1-2,4H3,(H,34,35)/b8-6+,10-5+,22-7-,23-18+/t27-,29-,30+/m0/s1. The van der Waals surface area contributed by atoms with Crippen LogP contribution < -0.4 is 4.74 Å². The highest BCUT2D eigenvalue weighted by Gasteiger charge is 2.23. The quantitative estimate of drug-likeness (QED) is 0.177. The van der Waals surface area contributed by atoms with Gasteiger partial charge in [0.2, 0.25) is 0 Å². The average molecular weight is 525 g/mol. The van der Waals surface area contributed by atoms with E-state index in [1.165, 1.54) is 6.08 Å². The van der Waals surface area contributed by atoms with Crippen LogP contribution in [0.25, 0.3) is 0 Å². The van der Waals surface area contributed by atoms with Crippen molar-refractivity contribution in [3.63, 3.8) is 0 Å². The van der Waals surface area contributed by atoms with Crippen molar-refractivity contribution < 1.29 is 34.0 Å². The number of rotatable bonds is 15. The predicted molar refractivity (Wildman–Crippen MR) is 148 cm³/mol. The van der Waals surface area contributed by atoms with Crippen molar-refractivity contribution in [2.75, 3.05) is 13.7 Å². The van der Waals surface area contributed by atoms with Gasteiger partial charge in [0, 0.05) is 12.5 Å². The van der Waals surface area contributed by atoms with Crippen molar-refractivity contribution in [2.45, 2.75) is 70.9 Å². The van der Waals surface area contributed by atoms with Crippen molar-refractivity contribution >= 4 is 11.8 Å². The summed E-state index contributed by atoms with van der Waals surface area (Å²) >= 11 is 0. The van der Waals surface area contributed by atoms with Crippen LogP contribution >= 0.6 is 0 Å². The maximum atomic E-state index is 12.2. The number of methoxy groups -OCH3 is 1. The molecule has 0 spiro atoms. The van der Waals surface area contributed by atoms with Gasteiger partial charge in [0.05, 0.1) is 38.6 Å². The van der Waals surface area contributed by atoms with Gasteiger partial charge in [0.25, 0.3) is 0 Å². The minimum Gasteiger partial charge on any atom is -0.497 e. The van der Waals surface area contributed by atoms with Gasteiger partial charge in [-0.3, -0.25) is 4.79 Å². The lowest BCUT2D eigenvalue weighted by atomic mass is 9.95. The Balaban J connectivity index is 1.76. The third kappa shape index (κ3) is 12.8. The molecule has 3 atom stereocenters. The molecule has 1 fully saturated rings. The highest BCUT2D eigenvalue weighted by Crippen LogP contribution is 2.27. The fourth-order valence-corrected chi connectivity index (χ4v) is 4.16. The molecule has 0 aliphatic carbocycles. The number of aliphatic hydroxyl groups is 1. The molecule has 0 amide bonds. The lowest BCUT2D eigenvalue weighted by molar-refractivity contribution is -0.131. The summed E-state index contributed by atoms with van der Waals surface area (Å²) in [6.45, 7) is 8.57. The van der Waals surface area contributed by atoms with Gasteiger partial charge in [0.1, 0.15) is 5.75 Å². The van der Waals surface area contributed by atoms with E-state index in [9.17, 15) is 14.7 Å². The number of aliphatic hydroxyl groups excluding tert-OH is 1. The number of allylic oxidation sites excluding steroid dienone is 4. The Morgan fingerprint density at radius 3 is 2.58 bits per heavy atom. The third-order valence-corrected chi connectivity index (χ3v) is 5.91. The second kappa shape index (κ2) is 16.6. The van der Waals surface area contributed by atoms with Gasteiger partial charge in [0.15, 0.2) is 5.78 Å². The van der Waals surface area contributed by atoms with E-state index in [2.05, 4.69) is 6.58 Å². The van der Waals surface area contributed by atoms with Crippen molar-refractivity contribution in [3.05, 3.63) is 89.6 Å². The Hall–Kier alpha value is -3.26. The van der Waals surface area contributed by atoms with Gasteiger partial charge in [-0.25, -0.2) is 4.79 Å². The van der Waals surface area contributed by atoms with E-state index >= 15 is 0 Å². The van der Waals surface area contributed by atoms with Crippen LogP contribution in [-0.4, -0.2) is 54.0 Å². The van der Waals surface area contributed by atoms with Gasteiger partial charge in [-0.1, -0.05) is 59.7 Å². The van der Waals surface area contributed by atoms with Crippen LogP contribution in [0.15, 0.2) is 84.0 Å². The number of hydrogen-bond donors (Lipinski definition) is 2. The summed E-state index contributed by atoms with van der Waals surface area (Å²) in [5.74, 6) is -0.280. The molecule has 1 aliphatic rings. The molecule has 1 aliphatic heterocycles. The number of carboxylic acids is 1. The molecule has 0 saturated carbocycles. The first kappa shape index (κ1) is 31.0. The molecule has 1 heterocycles. The largest absolute Gasteiger partial charge is 0.497 e. The topological polar surface area (TPSA) is 102 Å². The van der Waals surface area contributed by atoms with Crippen LogP contribution in [0.3, 0.4) is 0 Å². The monoisotopic (exact) mass is 524 g/mol. The zero-order chi connectivity index (χ0) is 27.9. The van der Waals surface area contributed by atoms with Crippen LogP contribution in [0.2, 0.25) is 0 Å². The summed E-state index contributed by atoms with van der Waals surface area (Å²) in [6.07, 6.45) is 11.5. The first-order chi connectivity index (χ1) is 18.1. The summed E-state index contributed by atoms with van der Waals surface area (Å²) in [5.41, 5.74) is 3.92. The van der Waals surface area contributed by atoms with Crippen LogP contribution in [0, 0.1) is 0 Å². The lowest BCUT2D eigenvalue weighted by Crippen LogP contribution is -2.27. The molecule has 1 aromatic rings. The Bertz CT molecular complexity index is 1050. The Labute approximate surface area is 225 Å². The normalized spacial score (nSPS) is 19.7. The fourth-order valence-electron chi connectivity index (χ4n) is 4.16. The highest BCUT2D eigenvalue weighted by molar-refractivity contribution is 5.91. The Morgan fingerprint density at radius 1 is 1.16 bits per heavy atom. The lowest BCUT2D eigenvalue weighted by Gasteiger charge is -2.30. The summed E-state index contributed by atoms with van der Waals surface area (Å²) in [7, 11) is 1.63. The summed E-state index contributed by atoms with van der Waals surface area (Å²) in [6, 6.07) is 7.63. The second-order valence-electron chi connectivity index (χ2n) is 9.68. The van der Waals surface area contributed by atoms with E-state index in [0.717, 1.165) is 46.9 Å². The molecule has 0 unspecified atom stereocenters. The number of benzene rings is 1. The molecule has 0 bridgehead atoms. The number of hydrogen-bond acceptors (Lipinski definition) is 6. The van der Waals surface area contributed by atoms with Gasteiger partial charge < -0.3 is 24.4 Å². The molecule has 2 rings (SSSR count). The number of aliphatic carboxylic acids is 1. The van der Waals surface area contributed by atoms with E-state index in [0.29, 0.717) is 19.4 Å². The zero-order valence-corrected chi connectivity index (χ0v) is 22.6. The third-order valence-electron chi connectivity index (χ3n) is 5.91. The number of ketones is 1. The summed E-state index contributed by atoms with van der Waals surface area (Å²) in [5, 5.41) is 19.0. The van der Waals surface area contributed by atoms with E-state index in [1.807, 2.05) is 43.3 Å². The molecule has 0 radical (unpaired) electrons. The highest BCUT2D eigenvalue weighted by atomic mass is 16.5. The first-order valence-corrected chi connectivity index (χ1v) is 12.8. The van der Waals surface area contributed by atoms with Crippen LogP contribution in [0.4, 0.5) is 0 Å². The Morgan fingerprint density at radius 2 is 1.89 bits per heavy atom. The minimum absolute atomic E-state index is 0.0485. The molecule has 1 aromatic carbocycles. The van der Waals surface area contributed by atoms with Gasteiger partial charge in [-0.2, -0.15) is 0 Å². The SMILES string of the molecule is C=C1C[C@H](C/C=C/C(=O)C/C(C)=C\C=C\C(=O)O)O[C@H](/C=C(\C)C[C@H](O)COCc2ccc(OC)cc2)C1. The predicted octanol–water partition coefficient (Wildman–Crippen LogP) is 5.51. The van der Waals surface area contributed by atoms with Crippen molar-refractivity contribution in [2.24, 2.45) is 0 Å².